The van der Waals surface area contributed by atoms with Crippen LogP contribution in [0.3, 0.4) is 0 Å². The van der Waals surface area contributed by atoms with Crippen LogP contribution in [0.2, 0.25) is 0 Å². The summed E-state index contributed by atoms with van der Waals surface area (Å²) < 4.78 is 0. The molecule has 0 aromatic heterocycles. The molecule has 0 amide bonds. The second kappa shape index (κ2) is 5.98. The number of benzene rings is 1. The number of nitrogens with zero attached hydrogens (tertiary/aromatic N) is 1. The van der Waals surface area contributed by atoms with Crippen LogP contribution < -0.4 is 0 Å². The van der Waals surface area contributed by atoms with Crippen LogP contribution in [0.15, 0.2) is 23.2 Å². The molecule has 0 atom stereocenters. The number of aliphatic imine (C=N–C) groups is 1. The van der Waals surface area contributed by atoms with E-state index in [2.05, 4.69) is 39.0 Å². The van der Waals surface area contributed by atoms with E-state index in [0.29, 0.717) is 12.2 Å². The third-order valence-corrected chi connectivity index (χ3v) is 5.04. The lowest BCUT2D eigenvalue weighted by atomic mass is 9.81. The molecule has 0 saturated heterocycles. The summed E-state index contributed by atoms with van der Waals surface area (Å²) in [5, 5.41) is 0. The smallest absolute Gasteiger partial charge is 0.141 e. The Kier molecular flexibility index (Phi) is 4.20. The summed E-state index contributed by atoms with van der Waals surface area (Å²) in [5.41, 5.74) is 4.73. The average molecular weight is 297 g/mol. The van der Waals surface area contributed by atoms with E-state index in [1.54, 1.807) is 0 Å². The number of hydrogen-bond donors (Lipinski definition) is 0. The predicted octanol–water partition coefficient (Wildman–Crippen LogP) is 4.66. The van der Waals surface area contributed by atoms with Crippen molar-refractivity contribution in [2.45, 2.75) is 71.3 Å². The fraction of sp³-hybridized carbons (Fsp3) is 0.600. The highest BCUT2D eigenvalue weighted by Crippen LogP contribution is 2.31. The minimum absolute atomic E-state index is 0.0928. The minimum atomic E-state index is -0.0928. The number of hydrogen-bond acceptors (Lipinski definition) is 2. The molecule has 0 radical (unpaired) electrons. The van der Waals surface area contributed by atoms with Crippen molar-refractivity contribution >= 4 is 11.5 Å². The van der Waals surface area contributed by atoms with E-state index in [4.69, 9.17) is 4.99 Å². The van der Waals surface area contributed by atoms with E-state index in [1.807, 2.05) is 0 Å². The van der Waals surface area contributed by atoms with Crippen molar-refractivity contribution in [1.82, 2.24) is 0 Å². The van der Waals surface area contributed by atoms with Crippen LogP contribution in [0, 0.1) is 12.8 Å². The van der Waals surface area contributed by atoms with Crippen LogP contribution in [0.25, 0.3) is 0 Å². The maximum Gasteiger partial charge on any atom is 0.141 e. The molecule has 0 bridgehead atoms. The van der Waals surface area contributed by atoms with Gasteiger partial charge in [-0.2, -0.15) is 0 Å². The third-order valence-electron chi connectivity index (χ3n) is 5.04. The zero-order chi connectivity index (χ0) is 15.7. The summed E-state index contributed by atoms with van der Waals surface area (Å²) in [4.78, 5) is 17.6. The molecule has 22 heavy (non-hydrogen) atoms. The Labute approximate surface area is 134 Å². The highest BCUT2D eigenvalue weighted by Gasteiger charge is 2.29. The van der Waals surface area contributed by atoms with Gasteiger partial charge in [0.15, 0.2) is 0 Å². The molecule has 1 aliphatic carbocycles. The van der Waals surface area contributed by atoms with Gasteiger partial charge in [0.2, 0.25) is 0 Å². The lowest BCUT2D eigenvalue weighted by Crippen LogP contribution is -2.31. The Hall–Kier alpha value is -1.44. The number of rotatable bonds is 3. The molecule has 1 aliphatic heterocycles. The second-order valence-electron chi connectivity index (χ2n) is 7.69. The summed E-state index contributed by atoms with van der Waals surface area (Å²) in [6.07, 6.45) is 7.36. The zero-order valence-corrected chi connectivity index (χ0v) is 14.1. The van der Waals surface area contributed by atoms with E-state index in [9.17, 15) is 4.79 Å². The van der Waals surface area contributed by atoms with Crippen LogP contribution in [-0.2, 0) is 11.2 Å². The molecule has 1 aromatic carbocycles. The van der Waals surface area contributed by atoms with Gasteiger partial charge >= 0.3 is 0 Å². The van der Waals surface area contributed by atoms with Gasteiger partial charge in [-0.05, 0) is 57.2 Å². The molecule has 0 N–H and O–H groups in total. The van der Waals surface area contributed by atoms with Gasteiger partial charge in [0, 0.05) is 12.3 Å². The van der Waals surface area contributed by atoms with Gasteiger partial charge in [0.05, 0.1) is 11.3 Å². The first-order valence-electron chi connectivity index (χ1n) is 8.66. The number of carbonyl (C=O) groups excluding carboxylic acids is 1. The fourth-order valence-corrected chi connectivity index (χ4v) is 3.91. The molecule has 1 fully saturated rings. The van der Waals surface area contributed by atoms with Crippen LogP contribution in [0.5, 0.6) is 0 Å². The summed E-state index contributed by atoms with van der Waals surface area (Å²) >= 11 is 0. The first-order chi connectivity index (χ1) is 10.4. The van der Waals surface area contributed by atoms with E-state index < -0.39 is 0 Å². The summed E-state index contributed by atoms with van der Waals surface area (Å²) in [7, 11) is 0. The molecular weight excluding hydrogens is 270 g/mol. The molecule has 1 saturated carbocycles. The van der Waals surface area contributed by atoms with Crippen LogP contribution in [-0.4, -0.2) is 17.0 Å². The van der Waals surface area contributed by atoms with Crippen molar-refractivity contribution in [2.24, 2.45) is 10.9 Å². The molecular formula is C20H27NO. The van der Waals surface area contributed by atoms with Gasteiger partial charge in [0.1, 0.15) is 5.78 Å². The first-order valence-corrected chi connectivity index (χ1v) is 8.66. The molecule has 2 heteroatoms. The van der Waals surface area contributed by atoms with Gasteiger partial charge < -0.3 is 0 Å². The Morgan fingerprint density at radius 1 is 1.23 bits per heavy atom. The van der Waals surface area contributed by atoms with Gasteiger partial charge in [-0.15, -0.1) is 0 Å². The molecule has 0 spiro atoms. The van der Waals surface area contributed by atoms with E-state index in [-0.39, 0.29) is 11.5 Å². The largest absolute Gasteiger partial charge is 0.299 e. The van der Waals surface area contributed by atoms with Crippen LogP contribution in [0.1, 0.15) is 69.1 Å². The lowest BCUT2D eigenvalue weighted by molar-refractivity contribution is -0.122. The van der Waals surface area contributed by atoms with Gasteiger partial charge in [-0.25, -0.2) is 0 Å². The molecule has 3 rings (SSSR count). The summed E-state index contributed by atoms with van der Waals surface area (Å²) in [6, 6.07) is 6.59. The monoisotopic (exact) mass is 297 g/mol. The SMILES string of the molecule is Cc1ccc2c(c1)C(CC(=O)C1CCCCC1)=NC(C)(C)C2. The minimum Gasteiger partial charge on any atom is -0.299 e. The average Bonchev–Trinajstić information content (AvgIpc) is 2.48. The molecule has 2 nitrogen and oxygen atoms in total. The second-order valence-corrected chi connectivity index (χ2v) is 7.69. The lowest BCUT2D eigenvalue weighted by Gasteiger charge is -2.30. The van der Waals surface area contributed by atoms with Crippen molar-refractivity contribution in [1.29, 1.82) is 0 Å². The maximum absolute atomic E-state index is 12.7. The predicted molar refractivity (Wildman–Crippen MR) is 91.7 cm³/mol. The van der Waals surface area contributed by atoms with Crippen LogP contribution in [0.4, 0.5) is 0 Å². The topological polar surface area (TPSA) is 29.4 Å². The Balaban J connectivity index is 1.86. The highest BCUT2D eigenvalue weighted by molar-refractivity contribution is 6.13. The van der Waals surface area contributed by atoms with Crippen LogP contribution >= 0.6 is 0 Å². The van der Waals surface area contributed by atoms with Crippen molar-refractivity contribution < 1.29 is 4.79 Å². The first kappa shape index (κ1) is 15.5. The molecule has 1 heterocycles. The number of ketones is 1. The van der Waals surface area contributed by atoms with Gasteiger partial charge in [-0.3, -0.25) is 9.79 Å². The summed E-state index contributed by atoms with van der Waals surface area (Å²) in [6.45, 7) is 6.45. The molecule has 118 valence electrons. The molecule has 0 unspecified atom stereocenters. The Morgan fingerprint density at radius 3 is 2.68 bits per heavy atom. The van der Waals surface area contributed by atoms with E-state index in [1.165, 1.54) is 36.0 Å². The van der Waals surface area contributed by atoms with Crippen molar-refractivity contribution in [3.8, 4) is 0 Å². The molecule has 1 aromatic rings. The van der Waals surface area contributed by atoms with Gasteiger partial charge in [-0.1, -0.05) is 37.0 Å². The van der Waals surface area contributed by atoms with Crippen molar-refractivity contribution in [3.05, 3.63) is 34.9 Å². The number of fused-ring (bicyclic) bond motifs is 1. The fourth-order valence-electron chi connectivity index (χ4n) is 3.91. The van der Waals surface area contributed by atoms with E-state index >= 15 is 0 Å². The maximum atomic E-state index is 12.7. The van der Waals surface area contributed by atoms with Crippen molar-refractivity contribution in [3.63, 3.8) is 0 Å². The number of carbonyl (C=O) groups is 1. The Morgan fingerprint density at radius 2 is 1.95 bits per heavy atom. The summed E-state index contributed by atoms with van der Waals surface area (Å²) in [5.74, 6) is 0.679. The Bertz CT molecular complexity index is 606. The number of aryl methyl sites for hydroxylation is 1. The molecule has 2 aliphatic rings. The van der Waals surface area contributed by atoms with Gasteiger partial charge in [0.25, 0.3) is 0 Å². The third kappa shape index (κ3) is 3.31. The highest BCUT2D eigenvalue weighted by atomic mass is 16.1. The standard InChI is InChI=1S/C20H27NO/c1-14-9-10-16-13-20(2,3)21-18(17(16)11-14)12-19(22)15-7-5-4-6-8-15/h9-11,15H,4-8,12-13H2,1-3H3. The normalized spacial score (nSPS) is 21.1. The quantitative estimate of drug-likeness (QED) is 0.798. The van der Waals surface area contributed by atoms with E-state index in [0.717, 1.165) is 25.0 Å². The number of Topliss-reactive ketones (excluding diaryl/α,β-unsaturated/α-hetero) is 1. The van der Waals surface area contributed by atoms with Crippen molar-refractivity contribution in [2.75, 3.05) is 0 Å². The zero-order valence-electron chi connectivity index (χ0n) is 14.1.